The summed E-state index contributed by atoms with van der Waals surface area (Å²) in [6.45, 7) is 3.28. The standard InChI is InChI=1S/C16H16N4O/c1-2-14-16(21)18-7-8-20(14)15-11(9-17)10-19-13-6-4-3-5-12(13)15/h3-6,10,14H,2,7-8H2,1H3,(H,18,21). The first-order chi connectivity index (χ1) is 10.3. The Hall–Kier alpha value is -2.61. The maximum atomic E-state index is 12.1. The van der Waals surface area contributed by atoms with Gasteiger partial charge in [-0.1, -0.05) is 25.1 Å². The monoisotopic (exact) mass is 280 g/mol. The summed E-state index contributed by atoms with van der Waals surface area (Å²) in [5, 5.41) is 13.2. The molecule has 0 spiro atoms. The van der Waals surface area contributed by atoms with Crippen LogP contribution in [0, 0.1) is 11.3 Å². The van der Waals surface area contributed by atoms with Crippen molar-refractivity contribution in [2.45, 2.75) is 19.4 Å². The van der Waals surface area contributed by atoms with Crippen LogP contribution in [0.1, 0.15) is 18.9 Å². The smallest absolute Gasteiger partial charge is 0.242 e. The van der Waals surface area contributed by atoms with E-state index < -0.39 is 0 Å². The number of amides is 1. The number of nitriles is 1. The normalized spacial score (nSPS) is 18.4. The van der Waals surface area contributed by atoms with Gasteiger partial charge in [-0.15, -0.1) is 0 Å². The summed E-state index contributed by atoms with van der Waals surface area (Å²) >= 11 is 0. The number of piperazine rings is 1. The number of carbonyl (C=O) groups is 1. The largest absolute Gasteiger partial charge is 0.356 e. The van der Waals surface area contributed by atoms with Gasteiger partial charge in [0.2, 0.25) is 5.91 Å². The van der Waals surface area contributed by atoms with Gasteiger partial charge in [0.1, 0.15) is 12.1 Å². The summed E-state index contributed by atoms with van der Waals surface area (Å²) in [7, 11) is 0. The summed E-state index contributed by atoms with van der Waals surface area (Å²) in [4.78, 5) is 18.5. The Morgan fingerprint density at radius 3 is 3.05 bits per heavy atom. The summed E-state index contributed by atoms with van der Waals surface area (Å²) in [6.07, 6.45) is 2.30. The van der Waals surface area contributed by atoms with Crippen molar-refractivity contribution in [3.05, 3.63) is 36.0 Å². The van der Waals surface area contributed by atoms with Crippen LogP contribution in [0.3, 0.4) is 0 Å². The molecule has 5 nitrogen and oxygen atoms in total. The van der Waals surface area contributed by atoms with Gasteiger partial charge in [0.15, 0.2) is 0 Å². The van der Waals surface area contributed by atoms with Gasteiger partial charge in [-0.05, 0) is 12.5 Å². The van der Waals surface area contributed by atoms with E-state index in [-0.39, 0.29) is 11.9 Å². The second kappa shape index (κ2) is 5.41. The quantitative estimate of drug-likeness (QED) is 0.911. The maximum Gasteiger partial charge on any atom is 0.242 e. The predicted octanol–water partition coefficient (Wildman–Crippen LogP) is 1.82. The fourth-order valence-corrected chi connectivity index (χ4v) is 2.91. The van der Waals surface area contributed by atoms with Crippen molar-refractivity contribution in [3.8, 4) is 6.07 Å². The highest BCUT2D eigenvalue weighted by Gasteiger charge is 2.30. The zero-order valence-corrected chi connectivity index (χ0v) is 11.8. The second-order valence-electron chi connectivity index (χ2n) is 5.06. The molecule has 0 radical (unpaired) electrons. The van der Waals surface area contributed by atoms with E-state index in [4.69, 9.17) is 0 Å². The molecule has 106 valence electrons. The van der Waals surface area contributed by atoms with Gasteiger partial charge in [-0.2, -0.15) is 5.26 Å². The lowest BCUT2D eigenvalue weighted by molar-refractivity contribution is -0.123. The van der Waals surface area contributed by atoms with Crippen molar-refractivity contribution in [3.63, 3.8) is 0 Å². The Balaban J connectivity index is 2.22. The molecule has 1 aromatic carbocycles. The molecule has 21 heavy (non-hydrogen) atoms. The Bertz CT molecular complexity index is 735. The van der Waals surface area contributed by atoms with Crippen molar-refractivity contribution in [2.75, 3.05) is 18.0 Å². The molecule has 1 N–H and O–H groups in total. The molecule has 1 aromatic heterocycles. The summed E-state index contributed by atoms with van der Waals surface area (Å²) < 4.78 is 0. The van der Waals surface area contributed by atoms with E-state index in [9.17, 15) is 10.1 Å². The van der Waals surface area contributed by atoms with E-state index in [0.717, 1.165) is 16.6 Å². The highest BCUT2D eigenvalue weighted by Crippen LogP contribution is 2.31. The van der Waals surface area contributed by atoms with Gasteiger partial charge < -0.3 is 10.2 Å². The van der Waals surface area contributed by atoms with Crippen molar-refractivity contribution >= 4 is 22.5 Å². The molecule has 1 amide bonds. The minimum atomic E-state index is -0.239. The van der Waals surface area contributed by atoms with Crippen molar-refractivity contribution < 1.29 is 4.79 Å². The third-order valence-corrected chi connectivity index (χ3v) is 3.87. The minimum Gasteiger partial charge on any atom is -0.356 e. The van der Waals surface area contributed by atoms with Crippen LogP contribution < -0.4 is 10.2 Å². The van der Waals surface area contributed by atoms with E-state index >= 15 is 0 Å². The first kappa shape index (κ1) is 13.4. The molecular formula is C16H16N4O. The number of anilines is 1. The molecule has 0 aliphatic carbocycles. The Morgan fingerprint density at radius 2 is 2.29 bits per heavy atom. The van der Waals surface area contributed by atoms with Crippen LogP contribution in [0.4, 0.5) is 5.69 Å². The number of rotatable bonds is 2. The minimum absolute atomic E-state index is 0.0218. The highest BCUT2D eigenvalue weighted by atomic mass is 16.2. The molecule has 1 aliphatic heterocycles. The van der Waals surface area contributed by atoms with Gasteiger partial charge in [0.05, 0.1) is 16.8 Å². The van der Waals surface area contributed by atoms with E-state index in [1.807, 2.05) is 36.1 Å². The molecule has 3 rings (SSSR count). The Labute approximate surface area is 123 Å². The van der Waals surface area contributed by atoms with E-state index in [1.54, 1.807) is 6.20 Å². The number of hydrogen-bond acceptors (Lipinski definition) is 4. The molecule has 2 aromatic rings. The van der Waals surface area contributed by atoms with E-state index in [2.05, 4.69) is 16.4 Å². The molecule has 0 bridgehead atoms. The third kappa shape index (κ3) is 2.19. The van der Waals surface area contributed by atoms with E-state index in [1.165, 1.54) is 0 Å². The number of aromatic nitrogens is 1. The molecule has 1 saturated heterocycles. The Kier molecular flexibility index (Phi) is 3.44. The fraction of sp³-hybridized carbons (Fsp3) is 0.312. The predicted molar refractivity (Wildman–Crippen MR) is 80.9 cm³/mol. The second-order valence-corrected chi connectivity index (χ2v) is 5.06. The highest BCUT2D eigenvalue weighted by molar-refractivity contribution is 5.97. The van der Waals surface area contributed by atoms with Crippen LogP contribution >= 0.6 is 0 Å². The molecular weight excluding hydrogens is 264 g/mol. The molecule has 1 atom stereocenters. The van der Waals surface area contributed by atoms with Crippen LogP contribution in [-0.2, 0) is 4.79 Å². The topological polar surface area (TPSA) is 69.0 Å². The van der Waals surface area contributed by atoms with Crippen molar-refractivity contribution in [1.82, 2.24) is 10.3 Å². The number of nitrogens with one attached hydrogen (secondary N) is 1. The number of carbonyl (C=O) groups excluding carboxylic acids is 1. The maximum absolute atomic E-state index is 12.1. The number of pyridine rings is 1. The molecule has 0 saturated carbocycles. The molecule has 1 aliphatic rings. The van der Waals surface area contributed by atoms with Crippen molar-refractivity contribution in [1.29, 1.82) is 5.26 Å². The van der Waals surface area contributed by atoms with Gasteiger partial charge in [0.25, 0.3) is 0 Å². The average molecular weight is 280 g/mol. The van der Waals surface area contributed by atoms with Crippen LogP contribution in [0.5, 0.6) is 0 Å². The Morgan fingerprint density at radius 1 is 1.48 bits per heavy atom. The van der Waals surface area contributed by atoms with Gasteiger partial charge >= 0.3 is 0 Å². The number of hydrogen-bond donors (Lipinski definition) is 1. The van der Waals surface area contributed by atoms with Gasteiger partial charge in [0, 0.05) is 24.7 Å². The first-order valence-electron chi connectivity index (χ1n) is 7.08. The zero-order chi connectivity index (χ0) is 14.8. The molecule has 1 unspecified atom stereocenters. The number of nitrogens with zero attached hydrogens (tertiary/aromatic N) is 3. The third-order valence-electron chi connectivity index (χ3n) is 3.87. The van der Waals surface area contributed by atoms with Crippen LogP contribution in [0.15, 0.2) is 30.5 Å². The number of para-hydroxylation sites is 1. The van der Waals surface area contributed by atoms with Crippen molar-refractivity contribution in [2.24, 2.45) is 0 Å². The fourth-order valence-electron chi connectivity index (χ4n) is 2.91. The lowest BCUT2D eigenvalue weighted by Crippen LogP contribution is -2.55. The molecule has 2 heterocycles. The van der Waals surface area contributed by atoms with Gasteiger partial charge in [-0.25, -0.2) is 0 Å². The summed E-state index contributed by atoms with van der Waals surface area (Å²) in [6, 6.07) is 9.70. The lowest BCUT2D eigenvalue weighted by Gasteiger charge is -2.37. The van der Waals surface area contributed by atoms with Crippen LogP contribution in [-0.4, -0.2) is 30.0 Å². The summed E-state index contributed by atoms with van der Waals surface area (Å²) in [5.74, 6) is 0.0218. The van der Waals surface area contributed by atoms with E-state index in [0.29, 0.717) is 25.1 Å². The van der Waals surface area contributed by atoms with Gasteiger partial charge in [-0.3, -0.25) is 9.78 Å². The lowest BCUT2D eigenvalue weighted by atomic mass is 10.0. The zero-order valence-electron chi connectivity index (χ0n) is 11.8. The number of fused-ring (bicyclic) bond motifs is 1. The average Bonchev–Trinajstić information content (AvgIpc) is 2.53. The number of benzene rings is 1. The SMILES string of the molecule is CCC1C(=O)NCCN1c1c(C#N)cnc2ccccc12. The molecule has 5 heteroatoms. The van der Waals surface area contributed by atoms with Crippen LogP contribution in [0.2, 0.25) is 0 Å². The molecule has 1 fully saturated rings. The van der Waals surface area contributed by atoms with Crippen LogP contribution in [0.25, 0.3) is 10.9 Å². The first-order valence-corrected chi connectivity index (χ1v) is 7.08. The summed E-state index contributed by atoms with van der Waals surface area (Å²) in [5.41, 5.74) is 2.18.